The second-order valence-corrected chi connectivity index (χ2v) is 2.08. The summed E-state index contributed by atoms with van der Waals surface area (Å²) in [5, 5.41) is 7.68. The normalized spacial score (nSPS) is 8.50. The molecule has 2 N–H and O–H groups in total. The van der Waals surface area contributed by atoms with E-state index in [0.717, 1.165) is 18.8 Å². The summed E-state index contributed by atoms with van der Waals surface area (Å²) in [6.45, 7) is 3.51. The number of aryl methyl sites for hydroxylation is 1. The van der Waals surface area contributed by atoms with Crippen molar-refractivity contribution < 1.29 is 0 Å². The zero-order chi connectivity index (χ0) is 7.40. The van der Waals surface area contributed by atoms with Crippen LogP contribution in [0.1, 0.15) is 12.7 Å². The molecule has 0 unspecified atom stereocenters. The van der Waals surface area contributed by atoms with E-state index in [-0.39, 0.29) is 24.8 Å². The van der Waals surface area contributed by atoms with E-state index in [0.29, 0.717) is 6.54 Å². The van der Waals surface area contributed by atoms with Crippen LogP contribution in [0.3, 0.4) is 0 Å². The highest BCUT2D eigenvalue weighted by atomic mass is 35.5. The van der Waals surface area contributed by atoms with Gasteiger partial charge in [0.2, 0.25) is 0 Å². The Balaban J connectivity index is 0. The summed E-state index contributed by atoms with van der Waals surface area (Å²) < 4.78 is 1.97. The van der Waals surface area contributed by atoms with Crippen LogP contribution in [0.2, 0.25) is 0 Å². The topological polar surface area (TPSA) is 56.7 Å². The molecule has 6 heteroatoms. The van der Waals surface area contributed by atoms with Crippen LogP contribution in [0.15, 0.2) is 6.33 Å². The van der Waals surface area contributed by atoms with E-state index in [1.165, 1.54) is 0 Å². The van der Waals surface area contributed by atoms with Crippen LogP contribution in [0.4, 0.5) is 0 Å². The van der Waals surface area contributed by atoms with Crippen LogP contribution in [-0.4, -0.2) is 21.3 Å². The lowest BCUT2D eigenvalue weighted by molar-refractivity contribution is 0.666. The summed E-state index contributed by atoms with van der Waals surface area (Å²) in [4.78, 5) is 0. The molecule has 72 valence electrons. The smallest absolute Gasteiger partial charge is 0.132 e. The third-order valence-corrected chi connectivity index (χ3v) is 1.38. The lowest BCUT2D eigenvalue weighted by atomic mass is 10.4. The second kappa shape index (κ2) is 7.34. The Morgan fingerprint density at radius 2 is 2.17 bits per heavy atom. The molecule has 0 saturated heterocycles. The van der Waals surface area contributed by atoms with Crippen LogP contribution >= 0.6 is 24.8 Å². The maximum absolute atomic E-state index is 5.37. The molecule has 0 atom stereocenters. The Morgan fingerprint density at radius 3 is 2.67 bits per heavy atom. The van der Waals surface area contributed by atoms with Gasteiger partial charge in [-0.1, -0.05) is 6.92 Å². The van der Waals surface area contributed by atoms with Gasteiger partial charge in [0, 0.05) is 19.5 Å². The van der Waals surface area contributed by atoms with Crippen LogP contribution < -0.4 is 5.73 Å². The van der Waals surface area contributed by atoms with Gasteiger partial charge in [-0.3, -0.25) is 0 Å². The maximum atomic E-state index is 5.37. The third kappa shape index (κ3) is 3.38. The van der Waals surface area contributed by atoms with Gasteiger partial charge in [-0.15, -0.1) is 35.0 Å². The number of halogens is 2. The maximum Gasteiger partial charge on any atom is 0.132 e. The van der Waals surface area contributed by atoms with Crippen molar-refractivity contribution in [3.63, 3.8) is 0 Å². The van der Waals surface area contributed by atoms with Crippen molar-refractivity contribution in [2.75, 3.05) is 6.54 Å². The van der Waals surface area contributed by atoms with E-state index in [2.05, 4.69) is 17.1 Å². The van der Waals surface area contributed by atoms with Crippen molar-refractivity contribution in [2.45, 2.75) is 19.9 Å². The summed E-state index contributed by atoms with van der Waals surface area (Å²) in [6.07, 6.45) is 2.63. The van der Waals surface area contributed by atoms with Gasteiger partial charge < -0.3 is 10.3 Å². The molecular formula is C6H14Cl2N4. The Kier molecular flexibility index (Phi) is 8.69. The molecule has 1 aromatic heterocycles. The number of nitrogens with zero attached hydrogens (tertiary/aromatic N) is 3. The molecule has 0 aliphatic rings. The van der Waals surface area contributed by atoms with Crippen molar-refractivity contribution in [1.29, 1.82) is 0 Å². The number of rotatable bonds is 3. The van der Waals surface area contributed by atoms with Gasteiger partial charge in [0.25, 0.3) is 0 Å². The fourth-order valence-electron chi connectivity index (χ4n) is 0.879. The predicted octanol–water partition coefficient (Wildman–Crippen LogP) is 0.643. The molecule has 0 bridgehead atoms. The Bertz CT molecular complexity index is 201. The van der Waals surface area contributed by atoms with E-state index < -0.39 is 0 Å². The Labute approximate surface area is 84.4 Å². The third-order valence-electron chi connectivity index (χ3n) is 1.38. The average Bonchev–Trinajstić information content (AvgIpc) is 2.36. The van der Waals surface area contributed by atoms with Gasteiger partial charge in [0.15, 0.2) is 0 Å². The SMILES string of the molecule is CCc1nncn1CCN.Cl.Cl. The molecule has 0 radical (unpaired) electrons. The summed E-state index contributed by atoms with van der Waals surface area (Å²) >= 11 is 0. The molecule has 0 fully saturated rings. The number of nitrogens with two attached hydrogens (primary N) is 1. The number of hydrogen-bond donors (Lipinski definition) is 1. The highest BCUT2D eigenvalue weighted by molar-refractivity contribution is 5.85. The minimum absolute atomic E-state index is 0. The van der Waals surface area contributed by atoms with Gasteiger partial charge in [0.05, 0.1) is 0 Å². The highest BCUT2D eigenvalue weighted by Crippen LogP contribution is 1.93. The summed E-state index contributed by atoms with van der Waals surface area (Å²) in [7, 11) is 0. The molecule has 12 heavy (non-hydrogen) atoms. The molecule has 0 aromatic carbocycles. The standard InChI is InChI=1S/C6H12N4.2ClH/c1-2-6-9-8-5-10(6)4-3-7;;/h5H,2-4,7H2,1H3;2*1H. The lowest BCUT2D eigenvalue weighted by Crippen LogP contribution is -2.11. The van der Waals surface area contributed by atoms with E-state index in [1.54, 1.807) is 6.33 Å². The molecule has 1 aromatic rings. The molecule has 0 aliphatic heterocycles. The monoisotopic (exact) mass is 212 g/mol. The predicted molar refractivity (Wildman–Crippen MR) is 53.0 cm³/mol. The molecule has 0 aliphatic carbocycles. The van der Waals surface area contributed by atoms with Gasteiger partial charge in [0.1, 0.15) is 12.2 Å². The first-order chi connectivity index (χ1) is 4.88. The summed E-state index contributed by atoms with van der Waals surface area (Å²) in [6, 6.07) is 0. The largest absolute Gasteiger partial charge is 0.329 e. The summed E-state index contributed by atoms with van der Waals surface area (Å²) in [5.74, 6) is 1.01. The first-order valence-corrected chi connectivity index (χ1v) is 3.45. The molecular weight excluding hydrogens is 199 g/mol. The summed E-state index contributed by atoms with van der Waals surface area (Å²) in [5.41, 5.74) is 5.37. The second-order valence-electron chi connectivity index (χ2n) is 2.08. The average molecular weight is 213 g/mol. The van der Waals surface area contributed by atoms with Crippen LogP contribution in [0.5, 0.6) is 0 Å². The van der Waals surface area contributed by atoms with Crippen molar-refractivity contribution >= 4 is 24.8 Å². The van der Waals surface area contributed by atoms with Crippen molar-refractivity contribution in [3.05, 3.63) is 12.2 Å². The van der Waals surface area contributed by atoms with Crippen LogP contribution in [0.25, 0.3) is 0 Å². The van der Waals surface area contributed by atoms with E-state index in [4.69, 9.17) is 5.73 Å². The van der Waals surface area contributed by atoms with Crippen LogP contribution in [-0.2, 0) is 13.0 Å². The molecule has 1 rings (SSSR count). The zero-order valence-electron chi connectivity index (χ0n) is 6.93. The van der Waals surface area contributed by atoms with Gasteiger partial charge in [-0.05, 0) is 0 Å². The Hall–Kier alpha value is -0.320. The first kappa shape index (κ1) is 14.2. The minimum Gasteiger partial charge on any atom is -0.329 e. The molecule has 4 nitrogen and oxygen atoms in total. The van der Waals surface area contributed by atoms with Gasteiger partial charge in [-0.2, -0.15) is 0 Å². The minimum atomic E-state index is 0. The van der Waals surface area contributed by atoms with Gasteiger partial charge >= 0.3 is 0 Å². The van der Waals surface area contributed by atoms with E-state index in [1.807, 2.05) is 4.57 Å². The molecule has 1 heterocycles. The lowest BCUT2D eigenvalue weighted by Gasteiger charge is -2.00. The van der Waals surface area contributed by atoms with Gasteiger partial charge in [-0.25, -0.2) is 0 Å². The van der Waals surface area contributed by atoms with E-state index >= 15 is 0 Å². The quantitative estimate of drug-likeness (QED) is 0.801. The van der Waals surface area contributed by atoms with Crippen molar-refractivity contribution in [2.24, 2.45) is 5.73 Å². The highest BCUT2D eigenvalue weighted by Gasteiger charge is 1.97. The first-order valence-electron chi connectivity index (χ1n) is 3.45. The van der Waals surface area contributed by atoms with Crippen molar-refractivity contribution in [3.8, 4) is 0 Å². The fourth-order valence-corrected chi connectivity index (χ4v) is 0.879. The molecule has 0 spiro atoms. The molecule has 0 saturated carbocycles. The van der Waals surface area contributed by atoms with Crippen LogP contribution in [0, 0.1) is 0 Å². The van der Waals surface area contributed by atoms with E-state index in [9.17, 15) is 0 Å². The molecule has 0 amide bonds. The fraction of sp³-hybridized carbons (Fsp3) is 0.667. The van der Waals surface area contributed by atoms with Crippen molar-refractivity contribution in [1.82, 2.24) is 14.8 Å². The zero-order valence-corrected chi connectivity index (χ0v) is 8.57. The number of hydrogen-bond acceptors (Lipinski definition) is 3. The number of aromatic nitrogens is 3. The Morgan fingerprint density at radius 1 is 1.50 bits per heavy atom.